The maximum atomic E-state index is 14.0. The fourth-order valence-corrected chi connectivity index (χ4v) is 5.65. The van der Waals surface area contributed by atoms with Crippen molar-refractivity contribution in [2.45, 2.75) is 36.6 Å². The average molecular weight is 498 g/mol. The number of nitrogens with zero attached hydrogens (tertiary/aromatic N) is 3. The van der Waals surface area contributed by atoms with Crippen molar-refractivity contribution in [1.29, 1.82) is 0 Å². The van der Waals surface area contributed by atoms with Gasteiger partial charge in [-0.1, -0.05) is 25.0 Å². The SMILES string of the molecule is Nc1ncnc2c1c(C(=O)c1cccc(NS(=O)(=O)c3cc(F)ccc3F)c1)cn2C1CCCC1. The van der Waals surface area contributed by atoms with E-state index in [0.717, 1.165) is 37.8 Å². The Morgan fingerprint density at radius 2 is 1.86 bits per heavy atom. The van der Waals surface area contributed by atoms with Gasteiger partial charge in [-0.2, -0.15) is 0 Å². The Kier molecular flexibility index (Phi) is 5.72. The molecule has 5 rings (SSSR count). The Balaban J connectivity index is 1.52. The van der Waals surface area contributed by atoms with Crippen LogP contribution in [0.1, 0.15) is 47.6 Å². The number of ketones is 1. The highest BCUT2D eigenvalue weighted by Crippen LogP contribution is 2.35. The minimum absolute atomic E-state index is 0.0169. The third-order valence-electron chi connectivity index (χ3n) is 6.16. The van der Waals surface area contributed by atoms with Gasteiger partial charge in [-0.15, -0.1) is 0 Å². The molecule has 1 fully saturated rings. The van der Waals surface area contributed by atoms with E-state index in [4.69, 9.17) is 5.73 Å². The Hall–Kier alpha value is -3.86. The zero-order valence-electron chi connectivity index (χ0n) is 18.4. The summed E-state index contributed by atoms with van der Waals surface area (Å²) in [5.74, 6) is -2.21. The first-order valence-corrected chi connectivity index (χ1v) is 12.5. The number of sulfonamides is 1. The molecular weight excluding hydrogens is 476 g/mol. The number of fused-ring (bicyclic) bond motifs is 1. The summed E-state index contributed by atoms with van der Waals surface area (Å²) in [6.45, 7) is 0. The van der Waals surface area contributed by atoms with Crippen LogP contribution in [0.25, 0.3) is 11.0 Å². The fraction of sp³-hybridized carbons (Fsp3) is 0.208. The zero-order valence-corrected chi connectivity index (χ0v) is 19.2. The molecule has 11 heteroatoms. The molecule has 0 unspecified atom stereocenters. The van der Waals surface area contributed by atoms with Crippen molar-refractivity contribution in [3.05, 3.63) is 77.8 Å². The molecule has 8 nitrogen and oxygen atoms in total. The van der Waals surface area contributed by atoms with E-state index in [-0.39, 0.29) is 23.1 Å². The van der Waals surface area contributed by atoms with Crippen molar-refractivity contribution in [1.82, 2.24) is 14.5 Å². The van der Waals surface area contributed by atoms with Crippen LogP contribution in [0.4, 0.5) is 20.3 Å². The molecule has 2 heterocycles. The molecule has 1 aliphatic carbocycles. The first-order valence-electron chi connectivity index (χ1n) is 11.0. The number of halogens is 2. The zero-order chi connectivity index (χ0) is 24.7. The van der Waals surface area contributed by atoms with Gasteiger partial charge in [-0.05, 0) is 43.2 Å². The summed E-state index contributed by atoms with van der Waals surface area (Å²) in [7, 11) is -4.44. The summed E-state index contributed by atoms with van der Waals surface area (Å²) in [5, 5.41) is 0.442. The van der Waals surface area contributed by atoms with Crippen molar-refractivity contribution in [3.8, 4) is 0 Å². The first kappa shape index (κ1) is 22.9. The number of nitrogens with two attached hydrogens (primary N) is 1. The monoisotopic (exact) mass is 497 g/mol. The lowest BCUT2D eigenvalue weighted by Crippen LogP contribution is -2.15. The molecule has 0 saturated heterocycles. The van der Waals surface area contributed by atoms with Crippen molar-refractivity contribution in [2.24, 2.45) is 0 Å². The number of rotatable bonds is 6. The molecule has 1 aliphatic rings. The third-order valence-corrected chi connectivity index (χ3v) is 7.56. The lowest BCUT2D eigenvalue weighted by molar-refractivity contribution is 0.104. The van der Waals surface area contributed by atoms with Crippen LogP contribution in [0.5, 0.6) is 0 Å². The van der Waals surface area contributed by atoms with Gasteiger partial charge < -0.3 is 10.3 Å². The number of anilines is 2. The van der Waals surface area contributed by atoms with Gasteiger partial charge in [0.25, 0.3) is 10.0 Å². The first-order chi connectivity index (χ1) is 16.7. The van der Waals surface area contributed by atoms with E-state index in [0.29, 0.717) is 22.7 Å². The van der Waals surface area contributed by atoms with Gasteiger partial charge >= 0.3 is 0 Å². The standard InChI is InChI=1S/C24H21F2N5O3S/c25-15-8-9-19(26)20(11-15)35(33,34)30-16-5-3-4-14(10-16)22(32)18-12-31(17-6-1-2-7-17)24-21(18)23(27)28-13-29-24/h3-5,8-13,17,30H,1-2,6-7H2,(H2,27,28,29). The van der Waals surface area contributed by atoms with Crippen LogP contribution in [0.3, 0.4) is 0 Å². The van der Waals surface area contributed by atoms with Crippen molar-refractivity contribution < 1.29 is 22.0 Å². The van der Waals surface area contributed by atoms with E-state index >= 15 is 0 Å². The molecule has 4 aromatic rings. The second-order valence-electron chi connectivity index (χ2n) is 8.44. The van der Waals surface area contributed by atoms with Crippen LogP contribution in [0, 0.1) is 11.6 Å². The lowest BCUT2D eigenvalue weighted by atomic mass is 10.0. The summed E-state index contributed by atoms with van der Waals surface area (Å²) in [6, 6.07) is 8.10. The van der Waals surface area contributed by atoms with Crippen molar-refractivity contribution in [3.63, 3.8) is 0 Å². The number of hydrogen-bond donors (Lipinski definition) is 2. The summed E-state index contributed by atoms with van der Waals surface area (Å²) in [5.41, 5.74) is 7.19. The second-order valence-corrected chi connectivity index (χ2v) is 10.1. The molecular formula is C24H21F2N5O3S. The second kappa shape index (κ2) is 8.73. The highest BCUT2D eigenvalue weighted by atomic mass is 32.2. The van der Waals surface area contributed by atoms with Crippen LogP contribution in [0.15, 0.2) is 59.9 Å². The molecule has 2 aromatic carbocycles. The maximum absolute atomic E-state index is 14.0. The molecule has 0 radical (unpaired) electrons. The van der Waals surface area contributed by atoms with Crippen LogP contribution in [-0.4, -0.2) is 28.7 Å². The average Bonchev–Trinajstić information content (AvgIpc) is 3.49. The van der Waals surface area contributed by atoms with Crippen LogP contribution < -0.4 is 10.5 Å². The van der Waals surface area contributed by atoms with E-state index in [9.17, 15) is 22.0 Å². The fourth-order valence-electron chi connectivity index (χ4n) is 4.51. The summed E-state index contributed by atoms with van der Waals surface area (Å²) in [4.78, 5) is 21.1. The molecule has 1 saturated carbocycles. The molecule has 0 aliphatic heterocycles. The van der Waals surface area contributed by atoms with E-state index in [1.54, 1.807) is 6.20 Å². The van der Waals surface area contributed by atoms with Gasteiger partial charge in [-0.3, -0.25) is 9.52 Å². The van der Waals surface area contributed by atoms with Gasteiger partial charge in [0.15, 0.2) is 5.78 Å². The number of nitrogens with one attached hydrogen (secondary N) is 1. The van der Waals surface area contributed by atoms with Gasteiger partial charge in [0.05, 0.1) is 10.9 Å². The van der Waals surface area contributed by atoms with Crippen molar-refractivity contribution in [2.75, 3.05) is 10.5 Å². The minimum atomic E-state index is -4.44. The predicted molar refractivity (Wildman–Crippen MR) is 126 cm³/mol. The molecule has 3 N–H and O–H groups in total. The van der Waals surface area contributed by atoms with E-state index in [1.165, 1.54) is 30.6 Å². The Morgan fingerprint density at radius 3 is 2.63 bits per heavy atom. The number of benzene rings is 2. The lowest BCUT2D eigenvalue weighted by Gasteiger charge is -2.12. The van der Waals surface area contributed by atoms with E-state index < -0.39 is 32.3 Å². The quantitative estimate of drug-likeness (QED) is 0.380. The number of hydrogen-bond acceptors (Lipinski definition) is 6. The Bertz CT molecular complexity index is 1560. The Morgan fingerprint density at radius 1 is 1.09 bits per heavy atom. The van der Waals surface area contributed by atoms with Crippen LogP contribution in [-0.2, 0) is 10.0 Å². The summed E-state index contributed by atoms with van der Waals surface area (Å²) in [6.07, 6.45) is 7.19. The van der Waals surface area contributed by atoms with Crippen molar-refractivity contribution >= 4 is 38.3 Å². The van der Waals surface area contributed by atoms with Gasteiger partial charge in [0.2, 0.25) is 0 Å². The maximum Gasteiger partial charge on any atom is 0.264 e. The highest BCUT2D eigenvalue weighted by molar-refractivity contribution is 7.92. The van der Waals surface area contributed by atoms with Crippen LogP contribution >= 0.6 is 0 Å². The summed E-state index contributed by atoms with van der Waals surface area (Å²) < 4.78 is 57.1. The number of carbonyl (C=O) groups excluding carboxylic acids is 1. The number of aromatic nitrogens is 3. The smallest absolute Gasteiger partial charge is 0.264 e. The normalized spacial score (nSPS) is 14.5. The Labute approximate surface area is 199 Å². The van der Waals surface area contributed by atoms with Crippen LogP contribution in [0.2, 0.25) is 0 Å². The topological polar surface area (TPSA) is 120 Å². The highest BCUT2D eigenvalue weighted by Gasteiger charge is 2.26. The molecule has 0 bridgehead atoms. The molecule has 180 valence electrons. The van der Waals surface area contributed by atoms with Gasteiger partial charge in [-0.25, -0.2) is 27.2 Å². The molecule has 35 heavy (non-hydrogen) atoms. The molecule has 0 amide bonds. The van der Waals surface area contributed by atoms with E-state index in [2.05, 4.69) is 14.7 Å². The largest absolute Gasteiger partial charge is 0.383 e. The summed E-state index contributed by atoms with van der Waals surface area (Å²) >= 11 is 0. The number of carbonyl (C=O) groups is 1. The van der Waals surface area contributed by atoms with Gasteiger partial charge in [0, 0.05) is 23.5 Å². The minimum Gasteiger partial charge on any atom is -0.383 e. The van der Waals surface area contributed by atoms with E-state index in [1.807, 2.05) is 4.57 Å². The molecule has 2 aromatic heterocycles. The molecule has 0 atom stereocenters. The predicted octanol–water partition coefficient (Wildman–Crippen LogP) is 4.44. The number of nitrogen functional groups attached to an aromatic ring is 1. The third kappa shape index (κ3) is 4.23. The van der Waals surface area contributed by atoms with Gasteiger partial charge in [0.1, 0.15) is 34.3 Å². The molecule has 0 spiro atoms.